The van der Waals surface area contributed by atoms with Crippen LogP contribution in [-0.4, -0.2) is 30.1 Å². The minimum absolute atomic E-state index is 0.00773. The van der Waals surface area contributed by atoms with Crippen LogP contribution in [0, 0.1) is 5.92 Å². The van der Waals surface area contributed by atoms with E-state index in [9.17, 15) is 4.79 Å². The van der Waals surface area contributed by atoms with E-state index < -0.39 is 0 Å². The number of likely N-dealkylation sites (tertiary alicyclic amines) is 1. The van der Waals surface area contributed by atoms with Gasteiger partial charge in [0.2, 0.25) is 0 Å². The Morgan fingerprint density at radius 2 is 1.92 bits per heavy atom. The van der Waals surface area contributed by atoms with E-state index >= 15 is 0 Å². The average molecular weight is 357 g/mol. The minimum atomic E-state index is -0.203. The molecule has 1 saturated carbocycles. The number of hydrogen-bond acceptors (Lipinski definition) is 3. The van der Waals surface area contributed by atoms with E-state index in [1.54, 1.807) is 0 Å². The maximum absolute atomic E-state index is 12.5. The number of fused-ring (bicyclic) bond motifs is 4. The molecule has 1 aromatic carbocycles. The number of nitrogens with two attached hydrogens (primary N) is 1. The van der Waals surface area contributed by atoms with Crippen LogP contribution >= 0.6 is 0 Å². The fourth-order valence-corrected chi connectivity index (χ4v) is 5.34. The lowest BCUT2D eigenvalue weighted by molar-refractivity contribution is 0.142. The lowest BCUT2D eigenvalue weighted by Gasteiger charge is -2.47. The van der Waals surface area contributed by atoms with Crippen molar-refractivity contribution in [3.63, 3.8) is 0 Å². The molecular formula is C22H32N2O2. The summed E-state index contributed by atoms with van der Waals surface area (Å²) in [6.07, 6.45) is 10.4. The number of ether oxygens (including phenoxy) is 1. The third-order valence-corrected chi connectivity index (χ3v) is 7.01. The van der Waals surface area contributed by atoms with Crippen LogP contribution in [0.25, 0.3) is 0 Å². The third-order valence-electron chi connectivity index (χ3n) is 7.01. The zero-order chi connectivity index (χ0) is 18.1. The highest BCUT2D eigenvalue weighted by atomic mass is 16.6. The van der Waals surface area contributed by atoms with Crippen LogP contribution in [0.1, 0.15) is 69.4 Å². The van der Waals surface area contributed by atoms with Gasteiger partial charge in [-0.25, -0.2) is 4.79 Å². The number of piperidine rings is 1. The van der Waals surface area contributed by atoms with E-state index in [4.69, 9.17) is 10.5 Å². The lowest BCUT2D eigenvalue weighted by Crippen LogP contribution is -2.52. The first-order valence-electron chi connectivity index (χ1n) is 10.4. The number of benzene rings is 1. The molecule has 3 atom stereocenters. The van der Waals surface area contributed by atoms with Crippen molar-refractivity contribution in [2.75, 3.05) is 13.1 Å². The predicted octanol–water partition coefficient (Wildman–Crippen LogP) is 4.39. The molecule has 3 aliphatic rings. The summed E-state index contributed by atoms with van der Waals surface area (Å²) >= 11 is 0. The molecule has 2 aliphatic carbocycles. The molecule has 1 aliphatic heterocycles. The highest BCUT2D eigenvalue weighted by Crippen LogP contribution is 2.46. The van der Waals surface area contributed by atoms with E-state index in [-0.39, 0.29) is 17.6 Å². The van der Waals surface area contributed by atoms with Crippen molar-refractivity contribution < 1.29 is 9.53 Å². The molecule has 4 nitrogen and oxygen atoms in total. The van der Waals surface area contributed by atoms with Crippen LogP contribution in [-0.2, 0) is 11.8 Å². The first kappa shape index (κ1) is 17.8. The van der Waals surface area contributed by atoms with Crippen molar-refractivity contribution in [1.82, 2.24) is 4.90 Å². The first-order valence-corrected chi connectivity index (χ1v) is 10.4. The van der Waals surface area contributed by atoms with E-state index in [2.05, 4.69) is 19.1 Å². The predicted molar refractivity (Wildman–Crippen MR) is 103 cm³/mol. The van der Waals surface area contributed by atoms with Crippen LogP contribution in [0.15, 0.2) is 18.2 Å². The third kappa shape index (κ3) is 3.24. The zero-order valence-electron chi connectivity index (χ0n) is 16.0. The molecule has 4 rings (SSSR count). The fraction of sp³-hybridized carbons (Fsp3) is 0.682. The van der Waals surface area contributed by atoms with Crippen LogP contribution in [0.4, 0.5) is 4.79 Å². The molecule has 26 heavy (non-hydrogen) atoms. The molecule has 2 fully saturated rings. The second-order valence-corrected chi connectivity index (χ2v) is 8.74. The van der Waals surface area contributed by atoms with E-state index in [0.29, 0.717) is 11.7 Å². The molecule has 2 N–H and O–H groups in total. The second-order valence-electron chi connectivity index (χ2n) is 8.74. The van der Waals surface area contributed by atoms with Gasteiger partial charge in [-0.1, -0.05) is 32.3 Å². The average Bonchev–Trinajstić information content (AvgIpc) is 2.66. The largest absolute Gasteiger partial charge is 0.415 e. The molecule has 0 unspecified atom stereocenters. The zero-order valence-corrected chi connectivity index (χ0v) is 16.0. The van der Waals surface area contributed by atoms with Gasteiger partial charge in [0.05, 0.1) is 0 Å². The summed E-state index contributed by atoms with van der Waals surface area (Å²) < 4.78 is 5.74. The van der Waals surface area contributed by atoms with Gasteiger partial charge in [-0.2, -0.15) is 0 Å². The highest BCUT2D eigenvalue weighted by Gasteiger charge is 2.43. The summed E-state index contributed by atoms with van der Waals surface area (Å²) in [6, 6.07) is 6.45. The Bertz CT molecular complexity index is 668. The molecule has 1 aromatic rings. The standard InChI is InChI=1S/C22H32N2O2/c1-22-11-5-2-4-8-17(20(22)23)14-16-9-10-18(15-19(16)22)26-21(25)24-12-6-3-7-13-24/h9-10,15,17,20H,2-8,11-14,23H2,1H3/t17-,20-,22+/m0/s1. The normalized spacial score (nSPS) is 31.5. The smallest absolute Gasteiger partial charge is 0.410 e. The fourth-order valence-electron chi connectivity index (χ4n) is 5.34. The number of hydrogen-bond donors (Lipinski definition) is 1. The summed E-state index contributed by atoms with van der Waals surface area (Å²) in [4.78, 5) is 14.3. The van der Waals surface area contributed by atoms with Crippen molar-refractivity contribution in [1.29, 1.82) is 0 Å². The van der Waals surface area contributed by atoms with Gasteiger partial charge in [-0.05, 0) is 67.7 Å². The minimum Gasteiger partial charge on any atom is -0.410 e. The maximum atomic E-state index is 12.5. The number of nitrogens with zero attached hydrogens (tertiary/aromatic N) is 1. The first-order chi connectivity index (χ1) is 12.6. The molecule has 4 heteroatoms. The molecular weight excluding hydrogens is 324 g/mol. The second kappa shape index (κ2) is 7.22. The molecule has 0 radical (unpaired) electrons. The summed E-state index contributed by atoms with van der Waals surface area (Å²) in [7, 11) is 0. The summed E-state index contributed by atoms with van der Waals surface area (Å²) in [5.74, 6) is 1.25. The Morgan fingerprint density at radius 1 is 1.15 bits per heavy atom. The van der Waals surface area contributed by atoms with Gasteiger partial charge >= 0.3 is 6.09 Å². The topological polar surface area (TPSA) is 55.6 Å². The van der Waals surface area contributed by atoms with Gasteiger partial charge in [0.25, 0.3) is 0 Å². The Morgan fingerprint density at radius 3 is 2.73 bits per heavy atom. The molecule has 0 aromatic heterocycles. The molecule has 2 bridgehead atoms. The number of rotatable bonds is 1. The number of carbonyl (C=O) groups is 1. The van der Waals surface area contributed by atoms with Gasteiger partial charge < -0.3 is 15.4 Å². The molecule has 1 amide bonds. The lowest BCUT2D eigenvalue weighted by atomic mass is 9.60. The Kier molecular flexibility index (Phi) is 4.96. The van der Waals surface area contributed by atoms with Crippen molar-refractivity contribution in [2.24, 2.45) is 11.7 Å². The molecule has 142 valence electrons. The van der Waals surface area contributed by atoms with Gasteiger partial charge in [-0.15, -0.1) is 0 Å². The van der Waals surface area contributed by atoms with E-state index in [1.807, 2.05) is 11.0 Å². The van der Waals surface area contributed by atoms with Crippen LogP contribution < -0.4 is 10.5 Å². The Hall–Kier alpha value is -1.55. The molecule has 1 saturated heterocycles. The van der Waals surface area contributed by atoms with E-state index in [0.717, 1.165) is 38.8 Å². The van der Waals surface area contributed by atoms with Gasteiger partial charge in [-0.3, -0.25) is 0 Å². The van der Waals surface area contributed by atoms with E-state index in [1.165, 1.54) is 43.2 Å². The van der Waals surface area contributed by atoms with Crippen LogP contribution in [0.3, 0.4) is 0 Å². The van der Waals surface area contributed by atoms with Crippen molar-refractivity contribution >= 4 is 6.09 Å². The molecule has 1 heterocycles. The summed E-state index contributed by atoms with van der Waals surface area (Å²) in [5, 5.41) is 0. The quantitative estimate of drug-likeness (QED) is 0.812. The number of carbonyl (C=O) groups excluding carboxylic acids is 1. The van der Waals surface area contributed by atoms with Gasteiger partial charge in [0.15, 0.2) is 0 Å². The van der Waals surface area contributed by atoms with Gasteiger partial charge in [0.1, 0.15) is 5.75 Å². The monoisotopic (exact) mass is 356 g/mol. The summed E-state index contributed by atoms with van der Waals surface area (Å²) in [6.45, 7) is 3.95. The van der Waals surface area contributed by atoms with Crippen molar-refractivity contribution in [2.45, 2.75) is 76.2 Å². The van der Waals surface area contributed by atoms with Crippen LogP contribution in [0.2, 0.25) is 0 Å². The Balaban J connectivity index is 1.59. The van der Waals surface area contributed by atoms with Crippen molar-refractivity contribution in [3.8, 4) is 5.75 Å². The number of amides is 1. The SMILES string of the molecule is C[C@@]12CCCCC[C@@H](Cc3ccc(OC(=O)N4CCCCC4)cc31)[C@@H]2N. The van der Waals surface area contributed by atoms with Gasteiger partial charge in [0, 0.05) is 24.5 Å². The maximum Gasteiger partial charge on any atom is 0.415 e. The highest BCUT2D eigenvalue weighted by molar-refractivity contribution is 5.71. The Labute approximate surface area is 157 Å². The van der Waals surface area contributed by atoms with Crippen LogP contribution in [0.5, 0.6) is 5.75 Å². The van der Waals surface area contributed by atoms with Crippen molar-refractivity contribution in [3.05, 3.63) is 29.3 Å². The summed E-state index contributed by atoms with van der Waals surface area (Å²) in [5.41, 5.74) is 9.46. The molecule has 0 spiro atoms.